The molecule has 0 saturated carbocycles. The molecule has 0 aliphatic carbocycles. The monoisotopic (exact) mass is 233 g/mol. The molecule has 6 N–H and O–H groups in total. The number of rotatable bonds is 0. The highest BCUT2D eigenvalue weighted by Gasteiger charge is 2.00. The molecule has 0 aromatic rings. The lowest BCUT2D eigenvalue weighted by Crippen LogP contribution is -1.66. The van der Waals surface area contributed by atoms with Crippen molar-refractivity contribution in [3.05, 3.63) is 0 Å². The van der Waals surface area contributed by atoms with Gasteiger partial charge in [-0.2, -0.15) is 0 Å². The first kappa shape index (κ1) is 22.9. The maximum Gasteiger partial charge on any atom is 0.466 e. The first-order chi connectivity index (χ1) is 6.24. The van der Waals surface area contributed by atoms with E-state index in [-0.39, 0.29) is 0 Å². The molecule has 0 spiro atoms. The third-order valence-corrected chi connectivity index (χ3v) is 0. The summed E-state index contributed by atoms with van der Waals surface area (Å²) < 4.78 is 8.88. The van der Waals surface area contributed by atoms with Gasteiger partial charge in [0.15, 0.2) is 0 Å². The fourth-order valence-corrected chi connectivity index (χ4v) is 0. The molecule has 86 valence electrons. The predicted molar refractivity (Wildman–Crippen MR) is 48.3 cm³/mol. The van der Waals surface area contributed by atoms with Crippen molar-refractivity contribution in [2.75, 3.05) is 0 Å². The number of nitrogens with zero attached hydrogens (tertiary/aromatic N) is 3. The second kappa shape index (κ2) is 22.5. The molecule has 0 atom stereocenters. The van der Waals surface area contributed by atoms with Crippen molar-refractivity contribution >= 4 is 28.0 Å². The smallest absolute Gasteiger partial charge is 0.411 e. The molecule has 0 fully saturated rings. The predicted octanol–water partition coefficient (Wildman–Crippen LogP) is -0.700. The van der Waals surface area contributed by atoms with Crippen molar-refractivity contribution in [1.82, 2.24) is 0 Å². The molecule has 14 heavy (non-hydrogen) atoms. The SMILES string of the molecule is C=NO.C=NO.C=NO.O=P(O)(O)O. The Morgan fingerprint density at radius 1 is 0.786 bits per heavy atom. The molecule has 0 amide bonds. The zero-order valence-electron chi connectivity index (χ0n) is 7.00. The van der Waals surface area contributed by atoms with Crippen LogP contribution in [0.4, 0.5) is 0 Å². The van der Waals surface area contributed by atoms with E-state index < -0.39 is 7.82 Å². The highest BCUT2D eigenvalue weighted by atomic mass is 31.2. The highest BCUT2D eigenvalue weighted by molar-refractivity contribution is 7.45. The van der Waals surface area contributed by atoms with E-state index in [1.54, 1.807) is 0 Å². The maximum atomic E-state index is 8.88. The summed E-state index contributed by atoms with van der Waals surface area (Å²) in [5, 5.41) is 28.0. The van der Waals surface area contributed by atoms with Crippen molar-refractivity contribution < 1.29 is 34.9 Å². The molecule has 0 radical (unpaired) electrons. The van der Waals surface area contributed by atoms with Crippen LogP contribution >= 0.6 is 7.82 Å². The van der Waals surface area contributed by atoms with E-state index in [1.165, 1.54) is 0 Å². The second-order valence-corrected chi connectivity index (χ2v) is 1.96. The summed E-state index contributed by atoms with van der Waals surface area (Å²) in [6.07, 6.45) is 0. The molecule has 0 unspecified atom stereocenters. The Balaban J connectivity index is -0.0000000495. The van der Waals surface area contributed by atoms with Gasteiger partial charge in [-0.1, -0.05) is 0 Å². The quantitative estimate of drug-likeness (QED) is 0.139. The summed E-state index contributed by atoms with van der Waals surface area (Å²) >= 11 is 0. The van der Waals surface area contributed by atoms with Crippen molar-refractivity contribution in [2.45, 2.75) is 0 Å². The Bertz CT molecular complexity index is 145. The molecule has 0 bridgehead atoms. The fraction of sp³-hybridized carbons (Fsp3) is 0. The van der Waals surface area contributed by atoms with Gasteiger partial charge in [0, 0.05) is 20.2 Å². The van der Waals surface area contributed by atoms with E-state index in [2.05, 4.69) is 35.6 Å². The van der Waals surface area contributed by atoms with E-state index in [1.807, 2.05) is 0 Å². The van der Waals surface area contributed by atoms with E-state index in [4.69, 9.17) is 34.9 Å². The molecule has 0 aliphatic rings. The lowest BCUT2D eigenvalue weighted by Gasteiger charge is -1.82. The van der Waals surface area contributed by atoms with Gasteiger partial charge >= 0.3 is 7.82 Å². The molecule has 0 aromatic heterocycles. The van der Waals surface area contributed by atoms with Gasteiger partial charge in [0.2, 0.25) is 0 Å². The van der Waals surface area contributed by atoms with Gasteiger partial charge in [-0.25, -0.2) is 4.57 Å². The van der Waals surface area contributed by atoms with Crippen LogP contribution < -0.4 is 0 Å². The summed E-state index contributed by atoms with van der Waals surface area (Å²) in [7, 11) is -4.64. The van der Waals surface area contributed by atoms with Crippen molar-refractivity contribution in [2.24, 2.45) is 15.5 Å². The third kappa shape index (κ3) is 435. The van der Waals surface area contributed by atoms with Crippen LogP contribution in [0.5, 0.6) is 0 Å². The van der Waals surface area contributed by atoms with Crippen LogP contribution in [0.2, 0.25) is 0 Å². The molecular formula is C3H12N3O7P. The molecule has 0 rings (SSSR count). The number of phosphoric acid groups is 1. The van der Waals surface area contributed by atoms with Crippen molar-refractivity contribution in [3.63, 3.8) is 0 Å². The van der Waals surface area contributed by atoms with Gasteiger partial charge in [0.25, 0.3) is 0 Å². The summed E-state index contributed by atoms with van der Waals surface area (Å²) in [5.41, 5.74) is 0. The molecule has 11 heteroatoms. The van der Waals surface area contributed by atoms with Crippen LogP contribution in [-0.4, -0.2) is 50.5 Å². The minimum Gasteiger partial charge on any atom is -0.411 e. The minimum atomic E-state index is -4.64. The number of hydrogen-bond acceptors (Lipinski definition) is 7. The molecular weight excluding hydrogens is 221 g/mol. The Labute approximate surface area is 79.3 Å². The van der Waals surface area contributed by atoms with Crippen LogP contribution in [-0.2, 0) is 4.57 Å². The lowest BCUT2D eigenvalue weighted by atomic mass is 11.8. The second-order valence-electron chi connectivity index (χ2n) is 0.938. The van der Waals surface area contributed by atoms with E-state index >= 15 is 0 Å². The molecule has 0 saturated heterocycles. The van der Waals surface area contributed by atoms with Gasteiger partial charge in [-0.3, -0.25) is 0 Å². The number of oxime groups is 3. The highest BCUT2D eigenvalue weighted by Crippen LogP contribution is 2.25. The molecule has 0 aliphatic heterocycles. The van der Waals surface area contributed by atoms with E-state index in [0.29, 0.717) is 0 Å². The first-order valence-corrected chi connectivity index (χ1v) is 3.90. The Morgan fingerprint density at radius 2 is 0.786 bits per heavy atom. The van der Waals surface area contributed by atoms with Crippen molar-refractivity contribution in [3.8, 4) is 0 Å². The normalized spacial score (nSPS) is 6.79. The Kier molecular flexibility index (Phi) is 36.9. The fourth-order valence-electron chi connectivity index (χ4n) is 0. The summed E-state index contributed by atoms with van der Waals surface area (Å²) in [4.78, 5) is 21.6. The van der Waals surface area contributed by atoms with Crippen LogP contribution in [0.3, 0.4) is 0 Å². The Hall–Kier alpha value is -1.48. The van der Waals surface area contributed by atoms with Crippen molar-refractivity contribution in [1.29, 1.82) is 0 Å². The standard InChI is InChI=1S/3CH3NO.H3O4P/c3*1-2-3;1-5(2,3)4/h3*3H,1H2;(H3,1,2,3,4). The average molecular weight is 233 g/mol. The van der Waals surface area contributed by atoms with Gasteiger partial charge in [0.05, 0.1) is 0 Å². The topological polar surface area (TPSA) is 176 Å². The summed E-state index contributed by atoms with van der Waals surface area (Å²) in [5.74, 6) is 0. The van der Waals surface area contributed by atoms with E-state index in [0.717, 1.165) is 0 Å². The average Bonchev–Trinajstić information content (AvgIpc) is 1.86. The van der Waals surface area contributed by atoms with Gasteiger partial charge in [-0.05, 0) is 0 Å². The molecule has 10 nitrogen and oxygen atoms in total. The van der Waals surface area contributed by atoms with E-state index in [9.17, 15) is 0 Å². The number of hydrogen-bond donors (Lipinski definition) is 6. The van der Waals surface area contributed by atoms with Gasteiger partial charge in [0.1, 0.15) is 0 Å². The van der Waals surface area contributed by atoms with Crippen LogP contribution in [0.15, 0.2) is 15.5 Å². The molecule has 0 aromatic carbocycles. The third-order valence-electron chi connectivity index (χ3n) is 0. The van der Waals surface area contributed by atoms with Gasteiger partial charge < -0.3 is 30.3 Å². The summed E-state index contributed by atoms with van der Waals surface area (Å²) in [6, 6.07) is 0. The largest absolute Gasteiger partial charge is 0.466 e. The Morgan fingerprint density at radius 3 is 0.786 bits per heavy atom. The summed E-state index contributed by atoms with van der Waals surface area (Å²) in [6.45, 7) is 8.00. The first-order valence-electron chi connectivity index (χ1n) is 2.33. The van der Waals surface area contributed by atoms with Crippen LogP contribution in [0, 0.1) is 0 Å². The molecule has 0 heterocycles. The minimum absolute atomic E-state index is 2.25. The van der Waals surface area contributed by atoms with Crippen LogP contribution in [0.25, 0.3) is 0 Å². The zero-order valence-corrected chi connectivity index (χ0v) is 7.90. The van der Waals surface area contributed by atoms with Gasteiger partial charge in [-0.15, -0.1) is 15.5 Å². The lowest BCUT2D eigenvalue weighted by molar-refractivity contribution is 0.275. The maximum absolute atomic E-state index is 8.88. The zero-order chi connectivity index (χ0) is 12.6. The van der Waals surface area contributed by atoms with Crippen LogP contribution in [0.1, 0.15) is 0 Å².